The van der Waals surface area contributed by atoms with Crippen LogP contribution in [0, 0.1) is 11.3 Å². The zero-order valence-corrected chi connectivity index (χ0v) is 31.6. The maximum Gasteiger partial charge on any atom is 0.0991 e. The molecule has 0 spiro atoms. The van der Waals surface area contributed by atoms with E-state index in [0.717, 1.165) is 22.5 Å². The Morgan fingerprint density at radius 3 is 1.47 bits per heavy atom. The van der Waals surface area contributed by atoms with Crippen LogP contribution < -0.4 is 0 Å². The highest BCUT2D eigenvalue weighted by molar-refractivity contribution is 6.22. The van der Waals surface area contributed by atoms with Gasteiger partial charge in [0.25, 0.3) is 0 Å². The molecule has 1 aliphatic rings. The van der Waals surface area contributed by atoms with Crippen molar-refractivity contribution in [3.63, 3.8) is 0 Å². The number of hydrogen-bond acceptors (Lipinski definition) is 1. The van der Waals surface area contributed by atoms with Crippen LogP contribution in [0.4, 0.5) is 0 Å². The highest BCUT2D eigenvalue weighted by Crippen LogP contribution is 2.50. The molecule has 0 amide bonds. The minimum absolute atomic E-state index is 0.254. The molecule has 2 heterocycles. The molecule has 0 atom stereocenters. The van der Waals surface area contributed by atoms with Crippen LogP contribution in [0.3, 0.4) is 0 Å². The van der Waals surface area contributed by atoms with Crippen molar-refractivity contribution in [1.29, 1.82) is 5.26 Å². The Balaban J connectivity index is 1.18. The van der Waals surface area contributed by atoms with Crippen molar-refractivity contribution >= 4 is 65.2 Å². The van der Waals surface area contributed by atoms with Crippen LogP contribution in [0.2, 0.25) is 0 Å². The van der Waals surface area contributed by atoms with E-state index in [4.69, 9.17) is 0 Å². The Kier molecular flexibility index (Phi) is 6.47. The van der Waals surface area contributed by atoms with Crippen LogP contribution in [-0.2, 0) is 5.41 Å². The van der Waals surface area contributed by atoms with Gasteiger partial charge in [-0.15, -0.1) is 0 Å². The average molecular weight is 726 g/mol. The minimum Gasteiger partial charge on any atom is -0.309 e. The molecule has 9 aromatic carbocycles. The first-order valence-corrected chi connectivity index (χ1v) is 19.7. The number of para-hydroxylation sites is 2. The minimum atomic E-state index is -0.254. The third-order valence-electron chi connectivity index (χ3n) is 12.7. The summed E-state index contributed by atoms with van der Waals surface area (Å²) in [6.07, 6.45) is 0. The number of aromatic nitrogens is 2. The van der Waals surface area contributed by atoms with Gasteiger partial charge in [0, 0.05) is 38.3 Å². The summed E-state index contributed by atoms with van der Waals surface area (Å²) in [6, 6.07) is 66.8. The first kappa shape index (κ1) is 31.9. The first-order valence-electron chi connectivity index (χ1n) is 19.7. The second-order valence-corrected chi connectivity index (χ2v) is 16.1. The van der Waals surface area contributed by atoms with E-state index < -0.39 is 0 Å². The summed E-state index contributed by atoms with van der Waals surface area (Å²) in [7, 11) is 0. The Labute approximate surface area is 329 Å². The molecule has 3 nitrogen and oxygen atoms in total. The van der Waals surface area contributed by atoms with Gasteiger partial charge < -0.3 is 9.13 Å². The predicted octanol–water partition coefficient (Wildman–Crippen LogP) is 14.0. The molecule has 0 fully saturated rings. The van der Waals surface area contributed by atoms with Crippen molar-refractivity contribution in [3.8, 4) is 39.7 Å². The summed E-state index contributed by atoms with van der Waals surface area (Å²) in [5.41, 5.74) is 14.6. The summed E-state index contributed by atoms with van der Waals surface area (Å²) in [6.45, 7) is 4.57. The molecule has 12 rings (SSSR count). The lowest BCUT2D eigenvalue weighted by molar-refractivity contribution is 0.660. The van der Waals surface area contributed by atoms with Gasteiger partial charge in [-0.1, -0.05) is 129 Å². The molecule has 0 saturated carbocycles. The van der Waals surface area contributed by atoms with E-state index in [9.17, 15) is 5.26 Å². The van der Waals surface area contributed by atoms with Crippen LogP contribution in [0.5, 0.6) is 0 Å². The molecular weight excluding hydrogens is 691 g/mol. The molecule has 2 aromatic heterocycles. The molecule has 266 valence electrons. The number of nitriles is 1. The van der Waals surface area contributed by atoms with Crippen LogP contribution in [0.25, 0.3) is 98.8 Å². The van der Waals surface area contributed by atoms with E-state index >= 15 is 0 Å². The quantitative estimate of drug-likeness (QED) is 0.179. The van der Waals surface area contributed by atoms with Crippen molar-refractivity contribution in [2.24, 2.45) is 0 Å². The highest BCUT2D eigenvalue weighted by Gasteiger charge is 2.36. The molecule has 0 N–H and O–H groups in total. The number of hydrogen-bond donors (Lipinski definition) is 0. The van der Waals surface area contributed by atoms with Crippen LogP contribution in [0.15, 0.2) is 176 Å². The number of benzene rings is 9. The van der Waals surface area contributed by atoms with Gasteiger partial charge in [0.15, 0.2) is 0 Å². The second kappa shape index (κ2) is 11.6. The van der Waals surface area contributed by atoms with Gasteiger partial charge in [0.05, 0.1) is 33.7 Å². The molecule has 57 heavy (non-hydrogen) atoms. The van der Waals surface area contributed by atoms with Gasteiger partial charge in [-0.05, 0) is 116 Å². The van der Waals surface area contributed by atoms with Gasteiger partial charge in [-0.25, -0.2) is 0 Å². The molecule has 1 aliphatic carbocycles. The predicted molar refractivity (Wildman–Crippen MR) is 238 cm³/mol. The highest BCUT2D eigenvalue weighted by atomic mass is 15.0. The topological polar surface area (TPSA) is 33.6 Å². The van der Waals surface area contributed by atoms with Crippen molar-refractivity contribution in [1.82, 2.24) is 9.13 Å². The van der Waals surface area contributed by atoms with Crippen LogP contribution >= 0.6 is 0 Å². The first-order chi connectivity index (χ1) is 28.0. The average Bonchev–Trinajstić information content (AvgIpc) is 3.86. The fourth-order valence-corrected chi connectivity index (χ4v) is 10.0. The van der Waals surface area contributed by atoms with E-state index in [1.54, 1.807) is 0 Å². The number of rotatable bonds is 3. The lowest BCUT2D eigenvalue weighted by Crippen LogP contribution is -2.15. The summed E-state index contributed by atoms with van der Waals surface area (Å²) in [4.78, 5) is 0. The third kappa shape index (κ3) is 4.41. The van der Waals surface area contributed by atoms with E-state index in [1.165, 1.54) is 87.4 Å². The standard InChI is InChI=1S/C54H35N3/c1-54(2)46-27-33(32-55)19-23-42(46)43-24-20-36(30-47(43)54)37-28-38(56-48-17-9-7-15-44(48)52-40-13-5-3-11-34(40)21-25-50(52)56)31-39(29-37)57-49-18-10-8-16-45(49)53-41-14-6-4-12-35(41)22-26-51(53)57/h3-31H,1-2H3. The molecule has 0 bridgehead atoms. The SMILES string of the molecule is CC1(C)c2cc(C#N)ccc2-c2ccc(-c3cc(-n4c5ccccc5c5c6ccccc6ccc54)cc(-n4c5ccccc5c5c6ccccc6ccc54)c3)cc21. The zero-order chi connectivity index (χ0) is 38.0. The second-order valence-electron chi connectivity index (χ2n) is 16.1. The van der Waals surface area contributed by atoms with Gasteiger partial charge in [0.2, 0.25) is 0 Å². The Morgan fingerprint density at radius 2 is 0.912 bits per heavy atom. The smallest absolute Gasteiger partial charge is 0.0991 e. The van der Waals surface area contributed by atoms with Crippen molar-refractivity contribution < 1.29 is 0 Å². The van der Waals surface area contributed by atoms with E-state index in [0.29, 0.717) is 5.56 Å². The molecule has 0 saturated heterocycles. The Hall–Kier alpha value is -7.41. The van der Waals surface area contributed by atoms with E-state index in [-0.39, 0.29) is 5.41 Å². The van der Waals surface area contributed by atoms with Crippen molar-refractivity contribution in [2.45, 2.75) is 19.3 Å². The lowest BCUT2D eigenvalue weighted by atomic mass is 9.81. The zero-order valence-electron chi connectivity index (χ0n) is 31.6. The molecular formula is C54H35N3. The summed E-state index contributed by atoms with van der Waals surface area (Å²) >= 11 is 0. The normalized spacial score (nSPS) is 13.2. The summed E-state index contributed by atoms with van der Waals surface area (Å²) < 4.78 is 4.92. The van der Waals surface area contributed by atoms with Crippen LogP contribution in [0.1, 0.15) is 30.5 Å². The van der Waals surface area contributed by atoms with E-state index in [2.05, 4.69) is 199 Å². The molecule has 0 aliphatic heterocycles. The summed E-state index contributed by atoms with van der Waals surface area (Å²) in [5, 5.41) is 19.8. The van der Waals surface area contributed by atoms with Gasteiger partial charge in [-0.2, -0.15) is 5.26 Å². The fraction of sp³-hybridized carbons (Fsp3) is 0.0556. The maximum absolute atomic E-state index is 9.77. The van der Waals surface area contributed by atoms with Crippen molar-refractivity contribution in [3.05, 3.63) is 193 Å². The molecule has 3 heteroatoms. The van der Waals surface area contributed by atoms with Gasteiger partial charge in [-0.3, -0.25) is 0 Å². The monoisotopic (exact) mass is 725 g/mol. The van der Waals surface area contributed by atoms with Gasteiger partial charge >= 0.3 is 0 Å². The van der Waals surface area contributed by atoms with Crippen molar-refractivity contribution in [2.75, 3.05) is 0 Å². The van der Waals surface area contributed by atoms with Gasteiger partial charge in [0.1, 0.15) is 0 Å². The molecule has 0 unspecified atom stereocenters. The number of nitrogens with zero attached hydrogens (tertiary/aromatic N) is 3. The largest absolute Gasteiger partial charge is 0.309 e. The van der Waals surface area contributed by atoms with E-state index in [1.807, 2.05) is 6.07 Å². The maximum atomic E-state index is 9.77. The Morgan fingerprint density at radius 1 is 0.421 bits per heavy atom. The fourth-order valence-electron chi connectivity index (χ4n) is 10.0. The number of fused-ring (bicyclic) bond motifs is 13. The Bertz CT molecular complexity index is 3400. The summed E-state index contributed by atoms with van der Waals surface area (Å²) in [5.74, 6) is 0. The van der Waals surface area contributed by atoms with Crippen LogP contribution in [-0.4, -0.2) is 9.13 Å². The lowest BCUT2D eigenvalue weighted by Gasteiger charge is -2.22. The third-order valence-corrected chi connectivity index (χ3v) is 12.7. The molecule has 0 radical (unpaired) electrons. The molecule has 11 aromatic rings.